The molecule has 0 aliphatic heterocycles. The first-order valence-electron chi connectivity index (χ1n) is 2.76. The Hall–Kier alpha value is -0.820. The van der Waals surface area contributed by atoms with Gasteiger partial charge in [0.25, 0.3) is 0 Å². The molecule has 4 heteroatoms. The number of alkyl halides is 1. The molecule has 0 saturated carbocycles. The number of nitriles is 1. The van der Waals surface area contributed by atoms with E-state index in [2.05, 4.69) is 0 Å². The van der Waals surface area contributed by atoms with E-state index >= 15 is 0 Å². The largest absolute Gasteiger partial charge is 0.245 e. The Morgan fingerprint density at radius 1 is 1.89 bits per heavy atom. The SMILES string of the molecule is CCC(F)CN(N)C#N. The maximum atomic E-state index is 12.3. The Bertz CT molecular complexity index is 109. The first-order valence-corrected chi connectivity index (χ1v) is 2.76. The molecule has 0 bridgehead atoms. The molecule has 0 heterocycles. The van der Waals surface area contributed by atoms with Crippen LogP contribution in [0.1, 0.15) is 13.3 Å². The predicted molar refractivity (Wildman–Crippen MR) is 31.7 cm³/mol. The number of hydrazine groups is 1. The normalized spacial score (nSPS) is 12.2. The van der Waals surface area contributed by atoms with E-state index in [9.17, 15) is 4.39 Å². The summed E-state index contributed by atoms with van der Waals surface area (Å²) < 4.78 is 12.3. The maximum absolute atomic E-state index is 12.3. The maximum Gasteiger partial charge on any atom is 0.195 e. The highest BCUT2D eigenvalue weighted by molar-refractivity contribution is 4.69. The van der Waals surface area contributed by atoms with Gasteiger partial charge in [0.05, 0.1) is 6.54 Å². The van der Waals surface area contributed by atoms with Crippen LogP contribution in [0.4, 0.5) is 4.39 Å². The molecule has 1 unspecified atom stereocenters. The zero-order valence-electron chi connectivity index (χ0n) is 5.34. The molecule has 2 N–H and O–H groups in total. The van der Waals surface area contributed by atoms with Gasteiger partial charge < -0.3 is 0 Å². The lowest BCUT2D eigenvalue weighted by atomic mass is 10.3. The summed E-state index contributed by atoms with van der Waals surface area (Å²) in [5.41, 5.74) is 0. The predicted octanol–water partition coefficient (Wildman–Crippen LogP) is 0.391. The summed E-state index contributed by atoms with van der Waals surface area (Å²) in [4.78, 5) is 0. The van der Waals surface area contributed by atoms with Crippen LogP contribution in [0.2, 0.25) is 0 Å². The van der Waals surface area contributed by atoms with E-state index in [1.54, 1.807) is 13.1 Å². The van der Waals surface area contributed by atoms with Crippen molar-refractivity contribution in [3.8, 4) is 6.19 Å². The van der Waals surface area contributed by atoms with Gasteiger partial charge in [-0.1, -0.05) is 6.92 Å². The molecule has 9 heavy (non-hydrogen) atoms. The molecule has 0 radical (unpaired) electrons. The highest BCUT2D eigenvalue weighted by Crippen LogP contribution is 1.95. The third-order valence-electron chi connectivity index (χ3n) is 0.966. The molecule has 0 spiro atoms. The summed E-state index contributed by atoms with van der Waals surface area (Å²) in [5, 5.41) is 8.85. The van der Waals surface area contributed by atoms with Crippen molar-refractivity contribution < 1.29 is 4.39 Å². The average Bonchev–Trinajstić information content (AvgIpc) is 1.87. The van der Waals surface area contributed by atoms with Crippen molar-refractivity contribution in [2.45, 2.75) is 19.5 Å². The van der Waals surface area contributed by atoms with E-state index in [1.165, 1.54) is 0 Å². The van der Waals surface area contributed by atoms with Gasteiger partial charge in [-0.15, -0.1) is 0 Å². The van der Waals surface area contributed by atoms with Gasteiger partial charge in [-0.2, -0.15) is 5.26 Å². The third-order valence-corrected chi connectivity index (χ3v) is 0.966. The second-order valence-electron chi connectivity index (χ2n) is 1.76. The molecule has 0 rings (SSSR count). The van der Waals surface area contributed by atoms with Gasteiger partial charge in [0, 0.05) is 0 Å². The fraction of sp³-hybridized carbons (Fsp3) is 0.800. The molecule has 0 amide bonds. The molecule has 0 aromatic carbocycles. The second kappa shape index (κ2) is 4.10. The number of halogens is 1. The topological polar surface area (TPSA) is 53.0 Å². The fourth-order valence-electron chi connectivity index (χ4n) is 0.383. The Kier molecular flexibility index (Phi) is 3.72. The minimum atomic E-state index is -0.991. The fourth-order valence-corrected chi connectivity index (χ4v) is 0.383. The smallest absolute Gasteiger partial charge is 0.195 e. The quantitative estimate of drug-likeness (QED) is 0.261. The van der Waals surface area contributed by atoms with E-state index in [0.29, 0.717) is 6.42 Å². The van der Waals surface area contributed by atoms with Crippen LogP contribution in [0, 0.1) is 11.5 Å². The highest BCUT2D eigenvalue weighted by Gasteiger charge is 2.05. The first-order chi connectivity index (χ1) is 4.20. The molecule has 3 nitrogen and oxygen atoms in total. The lowest BCUT2D eigenvalue weighted by Gasteiger charge is -2.09. The van der Waals surface area contributed by atoms with Crippen LogP contribution in [-0.4, -0.2) is 17.7 Å². The molecule has 0 aromatic heterocycles. The lowest BCUT2D eigenvalue weighted by Crippen LogP contribution is -2.31. The van der Waals surface area contributed by atoms with E-state index in [1.807, 2.05) is 0 Å². The van der Waals surface area contributed by atoms with E-state index in [-0.39, 0.29) is 6.54 Å². The summed E-state index contributed by atoms with van der Waals surface area (Å²) in [6.07, 6.45) is 1.01. The van der Waals surface area contributed by atoms with Crippen molar-refractivity contribution in [2.24, 2.45) is 5.84 Å². The molecule has 52 valence electrons. The van der Waals surface area contributed by atoms with Crippen LogP contribution in [-0.2, 0) is 0 Å². The first kappa shape index (κ1) is 8.18. The van der Waals surface area contributed by atoms with Crippen molar-refractivity contribution in [3.63, 3.8) is 0 Å². The van der Waals surface area contributed by atoms with Gasteiger partial charge in [-0.25, -0.2) is 15.2 Å². The van der Waals surface area contributed by atoms with Crippen LogP contribution in [0.25, 0.3) is 0 Å². The summed E-state index contributed by atoms with van der Waals surface area (Å²) in [6.45, 7) is 1.70. The molecular weight excluding hydrogens is 121 g/mol. The summed E-state index contributed by atoms with van der Waals surface area (Å²) >= 11 is 0. The zero-order valence-corrected chi connectivity index (χ0v) is 5.34. The third kappa shape index (κ3) is 3.74. The molecule has 0 fully saturated rings. The molecule has 0 aliphatic carbocycles. The number of nitrogens with zero attached hydrogens (tertiary/aromatic N) is 2. The Morgan fingerprint density at radius 3 is 2.78 bits per heavy atom. The zero-order chi connectivity index (χ0) is 7.28. The standard InChI is InChI=1S/C5H10FN3/c1-2-5(6)3-9(8)4-7/h5H,2-3,8H2,1H3. The monoisotopic (exact) mass is 131 g/mol. The van der Waals surface area contributed by atoms with E-state index < -0.39 is 6.17 Å². The van der Waals surface area contributed by atoms with Crippen LogP contribution >= 0.6 is 0 Å². The van der Waals surface area contributed by atoms with Gasteiger partial charge in [0.15, 0.2) is 6.19 Å². The van der Waals surface area contributed by atoms with Gasteiger partial charge in [0.1, 0.15) is 6.17 Å². The van der Waals surface area contributed by atoms with Gasteiger partial charge >= 0.3 is 0 Å². The minimum absolute atomic E-state index is 0.00694. The molecule has 0 aliphatic rings. The molecule has 0 saturated heterocycles. The van der Waals surface area contributed by atoms with Gasteiger partial charge in [0.2, 0.25) is 0 Å². The van der Waals surface area contributed by atoms with Gasteiger partial charge in [-0.05, 0) is 6.42 Å². The number of rotatable bonds is 3. The van der Waals surface area contributed by atoms with Crippen LogP contribution in [0.15, 0.2) is 0 Å². The summed E-state index contributed by atoms with van der Waals surface area (Å²) in [5.74, 6) is 4.98. The van der Waals surface area contributed by atoms with Gasteiger partial charge in [-0.3, -0.25) is 0 Å². The van der Waals surface area contributed by atoms with E-state index in [0.717, 1.165) is 5.01 Å². The Morgan fingerprint density at radius 2 is 2.44 bits per heavy atom. The van der Waals surface area contributed by atoms with Crippen LogP contribution < -0.4 is 5.84 Å². The van der Waals surface area contributed by atoms with Crippen LogP contribution in [0.3, 0.4) is 0 Å². The Balaban J connectivity index is 3.37. The van der Waals surface area contributed by atoms with E-state index in [4.69, 9.17) is 11.1 Å². The van der Waals surface area contributed by atoms with Crippen molar-refractivity contribution in [2.75, 3.05) is 6.54 Å². The number of nitrogens with two attached hydrogens (primary N) is 1. The van der Waals surface area contributed by atoms with Crippen molar-refractivity contribution in [1.82, 2.24) is 5.01 Å². The lowest BCUT2D eigenvalue weighted by molar-refractivity contribution is 0.243. The van der Waals surface area contributed by atoms with Crippen LogP contribution in [0.5, 0.6) is 0 Å². The summed E-state index contributed by atoms with van der Waals surface area (Å²) in [6, 6.07) is 0. The number of hydrogen-bond acceptors (Lipinski definition) is 3. The van der Waals surface area contributed by atoms with Crippen molar-refractivity contribution in [1.29, 1.82) is 5.26 Å². The number of hydrogen-bond donors (Lipinski definition) is 1. The summed E-state index contributed by atoms with van der Waals surface area (Å²) in [7, 11) is 0. The minimum Gasteiger partial charge on any atom is -0.245 e. The molecule has 0 aromatic rings. The Labute approximate surface area is 53.8 Å². The van der Waals surface area contributed by atoms with Crippen molar-refractivity contribution >= 4 is 0 Å². The molecule has 1 atom stereocenters. The molecular formula is C5H10FN3. The highest BCUT2D eigenvalue weighted by atomic mass is 19.1. The average molecular weight is 131 g/mol. The second-order valence-corrected chi connectivity index (χ2v) is 1.76. The van der Waals surface area contributed by atoms with Crippen molar-refractivity contribution in [3.05, 3.63) is 0 Å².